The molecule has 1 saturated heterocycles. The molecule has 0 aliphatic carbocycles. The third kappa shape index (κ3) is 5.60. The van der Waals surface area contributed by atoms with Crippen LogP contribution in [0.5, 0.6) is 0 Å². The van der Waals surface area contributed by atoms with E-state index in [1.807, 2.05) is 25.2 Å². The minimum absolute atomic E-state index is 0.255. The Morgan fingerprint density at radius 2 is 2.05 bits per heavy atom. The molecule has 1 heterocycles. The highest BCUT2D eigenvalue weighted by Gasteiger charge is 2.12. The molecule has 0 spiro atoms. The second-order valence-corrected chi connectivity index (χ2v) is 5.40. The molecular weight excluding hydrogens is 246 g/mol. The number of carbonyl (C=O) groups excluding carboxylic acids is 1. The fraction of sp³-hybridized carbons (Fsp3) is 0.500. The van der Waals surface area contributed by atoms with Gasteiger partial charge in [0.1, 0.15) is 0 Å². The quantitative estimate of drug-likeness (QED) is 0.546. The van der Waals surface area contributed by atoms with Crippen molar-refractivity contribution in [2.45, 2.75) is 46.5 Å². The third-order valence-electron chi connectivity index (χ3n) is 3.66. The normalized spacial score (nSPS) is 19.9. The van der Waals surface area contributed by atoms with Gasteiger partial charge in [0.25, 0.3) is 0 Å². The van der Waals surface area contributed by atoms with Crippen molar-refractivity contribution >= 4 is 5.78 Å². The van der Waals surface area contributed by atoms with Crippen LogP contribution in [0.3, 0.4) is 0 Å². The number of carbonyl (C=O) groups is 1. The van der Waals surface area contributed by atoms with Crippen LogP contribution in [0, 0.1) is 0 Å². The molecule has 0 aromatic carbocycles. The van der Waals surface area contributed by atoms with Gasteiger partial charge in [-0.25, -0.2) is 0 Å². The molecule has 0 aromatic rings. The van der Waals surface area contributed by atoms with E-state index in [1.165, 1.54) is 16.8 Å². The average molecular weight is 273 g/mol. The zero-order valence-corrected chi connectivity index (χ0v) is 13.1. The lowest BCUT2D eigenvalue weighted by molar-refractivity contribution is -0.114. The summed E-state index contributed by atoms with van der Waals surface area (Å²) in [6.45, 7) is 12.0. The molecule has 0 unspecified atom stereocenters. The van der Waals surface area contributed by atoms with Gasteiger partial charge in [-0.1, -0.05) is 31.2 Å². The fourth-order valence-electron chi connectivity index (χ4n) is 2.49. The van der Waals surface area contributed by atoms with E-state index in [4.69, 9.17) is 0 Å². The summed E-state index contributed by atoms with van der Waals surface area (Å²) in [7, 11) is 0. The minimum Gasteiger partial charge on any atom is -0.375 e. The Morgan fingerprint density at radius 1 is 1.30 bits per heavy atom. The summed E-state index contributed by atoms with van der Waals surface area (Å²) in [5, 5.41) is 0. The summed E-state index contributed by atoms with van der Waals surface area (Å²) < 4.78 is 0. The van der Waals surface area contributed by atoms with Crippen molar-refractivity contribution in [1.29, 1.82) is 0 Å². The Morgan fingerprint density at radius 3 is 2.70 bits per heavy atom. The van der Waals surface area contributed by atoms with Crippen molar-refractivity contribution in [3.05, 3.63) is 47.7 Å². The Labute approximate surface area is 123 Å². The van der Waals surface area contributed by atoms with Gasteiger partial charge in [0.05, 0.1) is 0 Å². The lowest BCUT2D eigenvalue weighted by atomic mass is 10.1. The number of likely N-dealkylation sites (tertiary alicyclic amines) is 1. The summed E-state index contributed by atoms with van der Waals surface area (Å²) >= 11 is 0. The Balaban J connectivity index is 2.68. The molecule has 2 nitrogen and oxygen atoms in total. The largest absolute Gasteiger partial charge is 0.375 e. The van der Waals surface area contributed by atoms with E-state index in [9.17, 15) is 4.79 Å². The van der Waals surface area contributed by atoms with Gasteiger partial charge in [-0.05, 0) is 50.8 Å². The summed E-state index contributed by atoms with van der Waals surface area (Å²) in [6, 6.07) is 0. The van der Waals surface area contributed by atoms with E-state index in [0.717, 1.165) is 32.4 Å². The fourth-order valence-corrected chi connectivity index (χ4v) is 2.49. The van der Waals surface area contributed by atoms with Crippen molar-refractivity contribution in [2.75, 3.05) is 13.1 Å². The van der Waals surface area contributed by atoms with Crippen LogP contribution in [0.15, 0.2) is 47.7 Å². The monoisotopic (exact) mass is 273 g/mol. The summed E-state index contributed by atoms with van der Waals surface area (Å²) in [6.07, 6.45) is 11.7. The summed E-state index contributed by atoms with van der Waals surface area (Å²) in [5.41, 5.74) is 3.83. The van der Waals surface area contributed by atoms with Gasteiger partial charge < -0.3 is 4.90 Å². The van der Waals surface area contributed by atoms with Crippen LogP contribution in [0.25, 0.3) is 0 Å². The average Bonchev–Trinajstić information content (AvgIpc) is 2.64. The highest BCUT2D eigenvalue weighted by atomic mass is 16.1. The van der Waals surface area contributed by atoms with Gasteiger partial charge in [0.15, 0.2) is 5.78 Å². The highest BCUT2D eigenvalue weighted by Crippen LogP contribution is 2.20. The Hall–Kier alpha value is -1.57. The number of nitrogens with zero attached hydrogens (tertiary/aromatic N) is 1. The second-order valence-electron chi connectivity index (χ2n) is 5.40. The first kappa shape index (κ1) is 16.5. The van der Waals surface area contributed by atoms with Crippen molar-refractivity contribution in [3.63, 3.8) is 0 Å². The van der Waals surface area contributed by atoms with Gasteiger partial charge in [0, 0.05) is 25.2 Å². The molecule has 0 amide bonds. The number of hydrogen-bond donors (Lipinski definition) is 0. The van der Waals surface area contributed by atoms with E-state index in [1.54, 1.807) is 0 Å². The van der Waals surface area contributed by atoms with Gasteiger partial charge in [-0.2, -0.15) is 0 Å². The van der Waals surface area contributed by atoms with Gasteiger partial charge in [0.2, 0.25) is 0 Å². The second kappa shape index (κ2) is 8.57. The zero-order valence-electron chi connectivity index (χ0n) is 13.1. The molecular formula is C18H27NO. The Bertz CT molecular complexity index is 440. The van der Waals surface area contributed by atoms with Crippen LogP contribution in [-0.4, -0.2) is 23.8 Å². The molecule has 0 radical (unpaired) electrons. The SMILES string of the molecule is C=C/C=C(C)\C=C(/C)N1CCC/C(=C/C(=O)CC)CC1. The molecule has 0 bridgehead atoms. The van der Waals surface area contributed by atoms with E-state index >= 15 is 0 Å². The zero-order chi connectivity index (χ0) is 15.0. The van der Waals surface area contributed by atoms with Crippen LogP contribution in [0.4, 0.5) is 0 Å². The van der Waals surface area contributed by atoms with Crippen molar-refractivity contribution in [3.8, 4) is 0 Å². The van der Waals surface area contributed by atoms with Gasteiger partial charge >= 0.3 is 0 Å². The van der Waals surface area contributed by atoms with Crippen molar-refractivity contribution in [2.24, 2.45) is 0 Å². The van der Waals surface area contributed by atoms with Crippen LogP contribution in [-0.2, 0) is 4.79 Å². The van der Waals surface area contributed by atoms with Crippen LogP contribution in [0.1, 0.15) is 46.5 Å². The lowest BCUT2D eigenvalue weighted by Crippen LogP contribution is -2.22. The van der Waals surface area contributed by atoms with E-state index in [-0.39, 0.29) is 5.78 Å². The highest BCUT2D eigenvalue weighted by molar-refractivity contribution is 5.90. The van der Waals surface area contributed by atoms with Crippen LogP contribution in [0.2, 0.25) is 0 Å². The maximum atomic E-state index is 11.5. The molecule has 0 saturated carbocycles. The molecule has 110 valence electrons. The first-order chi connectivity index (χ1) is 9.56. The van der Waals surface area contributed by atoms with Gasteiger partial charge in [-0.3, -0.25) is 4.79 Å². The number of ketones is 1. The van der Waals surface area contributed by atoms with E-state index < -0.39 is 0 Å². The smallest absolute Gasteiger partial charge is 0.155 e. The molecule has 1 aliphatic heterocycles. The molecule has 1 rings (SSSR count). The van der Waals surface area contributed by atoms with Gasteiger partial charge in [-0.15, -0.1) is 0 Å². The van der Waals surface area contributed by atoms with Crippen molar-refractivity contribution < 1.29 is 4.79 Å². The molecule has 2 heteroatoms. The first-order valence-corrected chi connectivity index (χ1v) is 7.51. The molecule has 0 aromatic heterocycles. The van der Waals surface area contributed by atoms with Crippen LogP contribution >= 0.6 is 0 Å². The number of allylic oxidation sites excluding steroid dienone is 6. The third-order valence-corrected chi connectivity index (χ3v) is 3.66. The van der Waals surface area contributed by atoms with E-state index in [0.29, 0.717) is 6.42 Å². The topological polar surface area (TPSA) is 20.3 Å². The Kier molecular flexibility index (Phi) is 7.06. The maximum Gasteiger partial charge on any atom is 0.155 e. The molecule has 1 aliphatic rings. The minimum atomic E-state index is 0.255. The number of rotatable bonds is 5. The standard InChI is InChI=1S/C18H27NO/c1-5-8-15(3)13-16(4)19-11-7-9-17(10-12-19)14-18(20)6-2/h5,8,13-14H,1,6-7,9-12H2,2-4H3/b15-8-,16-13+,17-14-. The summed E-state index contributed by atoms with van der Waals surface area (Å²) in [5.74, 6) is 0.255. The predicted octanol–water partition coefficient (Wildman–Crippen LogP) is 4.41. The predicted molar refractivity (Wildman–Crippen MR) is 86.5 cm³/mol. The lowest BCUT2D eigenvalue weighted by Gasteiger charge is -2.23. The molecule has 0 N–H and O–H groups in total. The first-order valence-electron chi connectivity index (χ1n) is 7.51. The molecule has 0 atom stereocenters. The van der Waals surface area contributed by atoms with Crippen molar-refractivity contribution in [1.82, 2.24) is 4.90 Å². The molecule has 1 fully saturated rings. The van der Waals surface area contributed by atoms with E-state index in [2.05, 4.69) is 31.4 Å². The molecule has 20 heavy (non-hydrogen) atoms. The maximum absolute atomic E-state index is 11.5. The number of hydrogen-bond acceptors (Lipinski definition) is 2. The summed E-state index contributed by atoms with van der Waals surface area (Å²) in [4.78, 5) is 13.9. The van der Waals surface area contributed by atoms with Crippen LogP contribution < -0.4 is 0 Å².